The number of methoxy groups -OCH3 is 2. The van der Waals surface area contributed by atoms with Crippen molar-refractivity contribution in [3.63, 3.8) is 0 Å². The van der Waals surface area contributed by atoms with E-state index in [1.165, 1.54) is 7.11 Å². The fourth-order valence-electron chi connectivity index (χ4n) is 1.53. The topological polar surface area (TPSA) is 59.0 Å². The first-order valence-electron chi connectivity index (χ1n) is 4.89. The molecule has 1 aliphatic heterocycles. The van der Waals surface area contributed by atoms with Crippen molar-refractivity contribution in [2.24, 2.45) is 0 Å². The molecule has 86 valence electrons. The molecule has 0 saturated carbocycles. The van der Waals surface area contributed by atoms with Crippen LogP contribution in [0.4, 0.5) is 0 Å². The van der Waals surface area contributed by atoms with Crippen molar-refractivity contribution in [2.75, 3.05) is 40.5 Å². The van der Waals surface area contributed by atoms with E-state index in [0.717, 1.165) is 13.1 Å². The molecule has 0 aromatic carbocycles. The number of nitrogens with zero attached hydrogens (tertiary/aromatic N) is 1. The second-order valence-corrected chi connectivity index (χ2v) is 3.44. The van der Waals surface area contributed by atoms with Gasteiger partial charge in [-0.1, -0.05) is 0 Å². The summed E-state index contributed by atoms with van der Waals surface area (Å²) in [4.78, 5) is 13.3. The number of carbonyl (C=O) groups excluding carboxylic acids is 1. The maximum absolute atomic E-state index is 11.3. The standard InChI is InChI=1S/C10H17NO4/c1-14-6-5-11-4-3-9(12)8(7-11)10(13)15-2/h12H,3-7H2,1-2H3. The van der Waals surface area contributed by atoms with Gasteiger partial charge in [-0.15, -0.1) is 0 Å². The first kappa shape index (κ1) is 12.0. The van der Waals surface area contributed by atoms with Crippen LogP contribution in [0, 0.1) is 0 Å². The number of hydrogen-bond donors (Lipinski definition) is 1. The van der Waals surface area contributed by atoms with Gasteiger partial charge in [0.1, 0.15) is 5.76 Å². The van der Waals surface area contributed by atoms with E-state index >= 15 is 0 Å². The first-order valence-corrected chi connectivity index (χ1v) is 4.89. The fraction of sp³-hybridized carbons (Fsp3) is 0.700. The summed E-state index contributed by atoms with van der Waals surface area (Å²) < 4.78 is 9.56. The predicted molar refractivity (Wildman–Crippen MR) is 54.6 cm³/mol. The molecule has 1 heterocycles. The van der Waals surface area contributed by atoms with Crippen LogP contribution in [0.2, 0.25) is 0 Å². The largest absolute Gasteiger partial charge is 0.512 e. The van der Waals surface area contributed by atoms with Crippen molar-refractivity contribution in [1.29, 1.82) is 0 Å². The van der Waals surface area contributed by atoms with E-state index < -0.39 is 5.97 Å². The molecular weight excluding hydrogens is 198 g/mol. The van der Waals surface area contributed by atoms with Crippen LogP contribution in [0.15, 0.2) is 11.3 Å². The second kappa shape index (κ2) is 5.72. The average molecular weight is 215 g/mol. The van der Waals surface area contributed by atoms with Gasteiger partial charge >= 0.3 is 5.97 Å². The lowest BCUT2D eigenvalue weighted by Crippen LogP contribution is -2.36. The van der Waals surface area contributed by atoms with Crippen LogP contribution in [0.5, 0.6) is 0 Å². The molecule has 1 aliphatic rings. The van der Waals surface area contributed by atoms with Gasteiger partial charge < -0.3 is 14.6 Å². The zero-order valence-corrected chi connectivity index (χ0v) is 9.15. The van der Waals surface area contributed by atoms with E-state index in [9.17, 15) is 9.90 Å². The minimum absolute atomic E-state index is 0.149. The summed E-state index contributed by atoms with van der Waals surface area (Å²) in [5, 5.41) is 9.53. The molecule has 0 radical (unpaired) electrons. The van der Waals surface area contributed by atoms with Crippen LogP contribution < -0.4 is 0 Å². The van der Waals surface area contributed by atoms with Crippen LogP contribution in [0.3, 0.4) is 0 Å². The molecule has 1 N–H and O–H groups in total. The van der Waals surface area contributed by atoms with Crippen molar-refractivity contribution < 1.29 is 19.4 Å². The molecule has 1 rings (SSSR count). The lowest BCUT2D eigenvalue weighted by atomic mass is 10.1. The van der Waals surface area contributed by atoms with Gasteiger partial charge in [-0.25, -0.2) is 4.79 Å². The summed E-state index contributed by atoms with van der Waals surface area (Å²) in [5.41, 5.74) is 0.361. The molecular formula is C10H17NO4. The van der Waals surface area contributed by atoms with E-state index in [1.54, 1.807) is 7.11 Å². The van der Waals surface area contributed by atoms with Crippen molar-refractivity contribution >= 4 is 5.97 Å². The Morgan fingerprint density at radius 3 is 2.87 bits per heavy atom. The predicted octanol–water partition coefficient (Wildman–Crippen LogP) is 0.324. The number of ether oxygens (including phenoxy) is 2. The van der Waals surface area contributed by atoms with Crippen molar-refractivity contribution in [2.45, 2.75) is 6.42 Å². The third-order valence-electron chi connectivity index (χ3n) is 2.44. The lowest BCUT2D eigenvalue weighted by molar-refractivity contribution is -0.136. The Balaban J connectivity index is 2.57. The highest BCUT2D eigenvalue weighted by atomic mass is 16.5. The van der Waals surface area contributed by atoms with E-state index in [1.807, 2.05) is 0 Å². The number of aliphatic hydroxyl groups is 1. The van der Waals surface area contributed by atoms with Gasteiger partial charge in [0, 0.05) is 33.2 Å². The molecule has 5 nitrogen and oxygen atoms in total. The normalized spacial score (nSPS) is 18.0. The Bertz CT molecular complexity index is 262. The van der Waals surface area contributed by atoms with E-state index in [0.29, 0.717) is 25.1 Å². The SMILES string of the molecule is COCCN1CCC(O)=C(C(=O)OC)C1. The minimum Gasteiger partial charge on any atom is -0.512 e. The zero-order chi connectivity index (χ0) is 11.3. The Morgan fingerprint density at radius 1 is 1.53 bits per heavy atom. The molecule has 0 aliphatic carbocycles. The lowest BCUT2D eigenvalue weighted by Gasteiger charge is -2.27. The Hall–Kier alpha value is -1.07. The number of rotatable bonds is 4. The fourth-order valence-corrected chi connectivity index (χ4v) is 1.53. The molecule has 0 unspecified atom stereocenters. The van der Waals surface area contributed by atoms with Gasteiger partial charge in [-0.05, 0) is 0 Å². The van der Waals surface area contributed by atoms with Crippen molar-refractivity contribution in [3.8, 4) is 0 Å². The molecule has 5 heteroatoms. The number of hydrogen-bond acceptors (Lipinski definition) is 5. The van der Waals surface area contributed by atoms with E-state index in [2.05, 4.69) is 9.64 Å². The summed E-state index contributed by atoms with van der Waals surface area (Å²) in [6.45, 7) is 2.55. The van der Waals surface area contributed by atoms with Gasteiger partial charge in [0.15, 0.2) is 0 Å². The number of aliphatic hydroxyl groups excluding tert-OH is 1. The summed E-state index contributed by atoms with van der Waals surface area (Å²) >= 11 is 0. The first-order chi connectivity index (χ1) is 7.19. The van der Waals surface area contributed by atoms with Crippen molar-refractivity contribution in [1.82, 2.24) is 4.90 Å². The van der Waals surface area contributed by atoms with Crippen molar-refractivity contribution in [3.05, 3.63) is 11.3 Å². The third kappa shape index (κ3) is 3.21. The summed E-state index contributed by atoms with van der Waals surface area (Å²) in [7, 11) is 2.95. The molecule has 0 bridgehead atoms. The maximum atomic E-state index is 11.3. The van der Waals surface area contributed by atoms with Gasteiger partial charge in [0.25, 0.3) is 0 Å². The van der Waals surface area contributed by atoms with Crippen LogP contribution in [-0.4, -0.2) is 56.4 Å². The average Bonchev–Trinajstić information content (AvgIpc) is 2.27. The highest BCUT2D eigenvalue weighted by Crippen LogP contribution is 2.16. The number of esters is 1. The Kier molecular flexibility index (Phi) is 4.58. The van der Waals surface area contributed by atoms with Crippen LogP contribution >= 0.6 is 0 Å². The smallest absolute Gasteiger partial charge is 0.338 e. The molecule has 0 amide bonds. The zero-order valence-electron chi connectivity index (χ0n) is 9.15. The Morgan fingerprint density at radius 2 is 2.27 bits per heavy atom. The van der Waals surface area contributed by atoms with Gasteiger partial charge in [-0.3, -0.25) is 4.90 Å². The molecule has 0 atom stereocenters. The monoisotopic (exact) mass is 215 g/mol. The molecule has 0 aromatic rings. The van der Waals surface area contributed by atoms with E-state index in [-0.39, 0.29) is 5.76 Å². The molecule has 0 aromatic heterocycles. The second-order valence-electron chi connectivity index (χ2n) is 3.44. The highest BCUT2D eigenvalue weighted by Gasteiger charge is 2.23. The summed E-state index contributed by atoms with van der Waals surface area (Å²) in [5.74, 6) is -0.301. The number of carbonyl (C=O) groups is 1. The van der Waals surface area contributed by atoms with Crippen LogP contribution in [0.25, 0.3) is 0 Å². The molecule has 0 saturated heterocycles. The maximum Gasteiger partial charge on any atom is 0.338 e. The molecule has 0 fully saturated rings. The van der Waals surface area contributed by atoms with E-state index in [4.69, 9.17) is 4.74 Å². The quantitative estimate of drug-likeness (QED) is 0.684. The summed E-state index contributed by atoms with van der Waals surface area (Å²) in [6, 6.07) is 0. The van der Waals surface area contributed by atoms with Crippen LogP contribution in [-0.2, 0) is 14.3 Å². The minimum atomic E-state index is -0.449. The van der Waals surface area contributed by atoms with Gasteiger partial charge in [0.05, 0.1) is 19.3 Å². The van der Waals surface area contributed by atoms with Gasteiger partial charge in [0.2, 0.25) is 0 Å². The molecule has 15 heavy (non-hydrogen) atoms. The third-order valence-corrected chi connectivity index (χ3v) is 2.44. The van der Waals surface area contributed by atoms with Gasteiger partial charge in [-0.2, -0.15) is 0 Å². The molecule has 0 spiro atoms. The Labute approximate surface area is 89.3 Å². The van der Waals surface area contributed by atoms with Crippen LogP contribution in [0.1, 0.15) is 6.42 Å². The highest BCUT2D eigenvalue weighted by molar-refractivity contribution is 5.89. The summed E-state index contributed by atoms with van der Waals surface area (Å²) in [6.07, 6.45) is 0.494.